The lowest BCUT2D eigenvalue weighted by Crippen LogP contribution is -2.04. The van der Waals surface area contributed by atoms with Crippen LogP contribution in [0.3, 0.4) is 0 Å². The predicted molar refractivity (Wildman–Crippen MR) is 30.2 cm³/mol. The van der Waals surface area contributed by atoms with E-state index in [1.54, 1.807) is 0 Å². The first kappa shape index (κ1) is 5.49. The molecule has 3 nitrogen and oxygen atoms in total. The van der Waals surface area contributed by atoms with E-state index in [-0.39, 0.29) is 5.96 Å². The number of rotatable bonds is 0. The minimum absolute atomic E-state index is 0.0957. The number of nitrogens with zero attached hydrogens (tertiary/aromatic N) is 2. The van der Waals surface area contributed by atoms with E-state index in [0.29, 0.717) is 0 Å². The summed E-state index contributed by atoms with van der Waals surface area (Å²) in [5, 5.41) is 0. The maximum Gasteiger partial charge on any atom is 0.226 e. The molecule has 0 rings (SSSR count). The van der Waals surface area contributed by atoms with Gasteiger partial charge in [0.1, 0.15) is 0 Å². The molecule has 0 fully saturated rings. The zero-order chi connectivity index (χ0) is 4.99. The van der Waals surface area contributed by atoms with Gasteiger partial charge in [0.15, 0.2) is 0 Å². The third-order valence-corrected chi connectivity index (χ3v) is 0.469. The summed E-state index contributed by atoms with van der Waals surface area (Å²) in [6.07, 6.45) is 0. The molecule has 0 atom stereocenters. The van der Waals surface area contributed by atoms with Gasteiger partial charge in [-0.2, -0.15) is 4.40 Å². The molecule has 0 aromatic rings. The molecule has 0 amide bonds. The monoisotopic (exact) mass is 103 g/mol. The van der Waals surface area contributed by atoms with Gasteiger partial charge < -0.3 is 5.73 Å². The highest BCUT2D eigenvalue weighted by molar-refractivity contribution is 7.79. The Morgan fingerprint density at radius 2 is 2.33 bits per heavy atom. The summed E-state index contributed by atoms with van der Waals surface area (Å²) in [5.41, 5.74) is 4.92. The van der Waals surface area contributed by atoms with Gasteiger partial charge in [-0.05, 0) is 19.5 Å². The lowest BCUT2D eigenvalue weighted by Gasteiger charge is -1.77. The molecular formula is C2H5N3S. The van der Waals surface area contributed by atoms with Crippen LogP contribution in [0.25, 0.3) is 0 Å². The molecule has 0 saturated carbocycles. The summed E-state index contributed by atoms with van der Waals surface area (Å²) in [6, 6.07) is 0. The summed E-state index contributed by atoms with van der Waals surface area (Å²) in [6.45, 7) is 3.08. The number of hydrogen-bond acceptors (Lipinski definition) is 2. The lowest BCUT2D eigenvalue weighted by molar-refractivity contribution is 1.55. The first-order valence-corrected chi connectivity index (χ1v) is 1.65. The summed E-state index contributed by atoms with van der Waals surface area (Å²) in [5.74, 6) is 0.0957. The van der Waals surface area contributed by atoms with E-state index in [4.69, 9.17) is 5.73 Å². The van der Waals surface area contributed by atoms with Crippen molar-refractivity contribution in [1.82, 2.24) is 0 Å². The van der Waals surface area contributed by atoms with E-state index in [0.717, 1.165) is 0 Å². The fourth-order valence-electron chi connectivity index (χ4n) is 0.0316. The molecule has 0 aliphatic carbocycles. The topological polar surface area (TPSA) is 50.7 Å². The maximum atomic E-state index is 4.92. The molecule has 0 aliphatic rings. The summed E-state index contributed by atoms with van der Waals surface area (Å²) in [4.78, 5) is 3.21. The predicted octanol–water partition coefficient (Wildman–Crippen LogP) is -0.153. The van der Waals surface area contributed by atoms with Crippen molar-refractivity contribution >= 4 is 25.5 Å². The van der Waals surface area contributed by atoms with Gasteiger partial charge in [-0.1, -0.05) is 0 Å². The minimum atomic E-state index is 0.0957. The Morgan fingerprint density at radius 1 is 1.83 bits per heavy atom. The van der Waals surface area contributed by atoms with Crippen molar-refractivity contribution in [3.63, 3.8) is 0 Å². The zero-order valence-corrected chi connectivity index (χ0v) is 4.02. The Morgan fingerprint density at radius 3 is 2.33 bits per heavy atom. The van der Waals surface area contributed by atoms with Crippen LogP contribution in [-0.4, -0.2) is 12.7 Å². The normalized spacial score (nSPS) is 11.2. The van der Waals surface area contributed by atoms with Crippen LogP contribution in [0.5, 0.6) is 0 Å². The van der Waals surface area contributed by atoms with Crippen LogP contribution in [-0.2, 0) is 0 Å². The number of aliphatic imine (C=N–C) groups is 1. The molecule has 0 spiro atoms. The SMILES string of the molecule is C=NC(N)=NS. The minimum Gasteiger partial charge on any atom is -0.367 e. The van der Waals surface area contributed by atoms with Crippen LogP contribution < -0.4 is 5.73 Å². The highest BCUT2D eigenvalue weighted by atomic mass is 32.1. The highest BCUT2D eigenvalue weighted by Gasteiger charge is 1.70. The molecule has 6 heavy (non-hydrogen) atoms. The molecule has 0 saturated heterocycles. The van der Waals surface area contributed by atoms with Crippen molar-refractivity contribution in [3.8, 4) is 0 Å². The largest absolute Gasteiger partial charge is 0.367 e. The lowest BCUT2D eigenvalue weighted by atomic mass is 11.1. The smallest absolute Gasteiger partial charge is 0.226 e. The third-order valence-electron chi connectivity index (χ3n) is 0.264. The number of guanidine groups is 1. The Balaban J connectivity index is 3.50. The van der Waals surface area contributed by atoms with Crippen LogP contribution in [0.15, 0.2) is 9.39 Å². The Labute approximate surface area is 41.5 Å². The second kappa shape index (κ2) is 2.71. The third kappa shape index (κ3) is 1.78. The quantitative estimate of drug-likeness (QED) is 0.250. The van der Waals surface area contributed by atoms with Gasteiger partial charge in [0.2, 0.25) is 5.96 Å². The first-order chi connectivity index (χ1) is 2.81. The van der Waals surface area contributed by atoms with E-state index in [1.807, 2.05) is 0 Å². The van der Waals surface area contributed by atoms with Gasteiger partial charge in [0.25, 0.3) is 0 Å². The first-order valence-electron chi connectivity index (χ1n) is 1.25. The number of nitrogens with two attached hydrogens (primary N) is 1. The zero-order valence-electron chi connectivity index (χ0n) is 3.13. The molecule has 0 aromatic heterocycles. The number of thiol groups is 1. The Bertz CT molecular complexity index is 76.9. The Kier molecular flexibility index (Phi) is 2.48. The second-order valence-electron chi connectivity index (χ2n) is 0.616. The summed E-state index contributed by atoms with van der Waals surface area (Å²) < 4.78 is 3.17. The molecule has 0 bridgehead atoms. The summed E-state index contributed by atoms with van der Waals surface area (Å²) in [7, 11) is 0. The van der Waals surface area contributed by atoms with Crippen LogP contribution >= 0.6 is 12.8 Å². The van der Waals surface area contributed by atoms with Crippen molar-refractivity contribution in [2.24, 2.45) is 15.1 Å². The molecular weight excluding hydrogens is 98.1 g/mol. The number of hydrogen-bond donors (Lipinski definition) is 2. The van der Waals surface area contributed by atoms with Crippen LogP contribution in [0.4, 0.5) is 0 Å². The molecule has 0 aliphatic heterocycles. The molecule has 4 heteroatoms. The van der Waals surface area contributed by atoms with E-state index in [1.165, 1.54) is 0 Å². The van der Waals surface area contributed by atoms with Gasteiger partial charge in [-0.15, -0.1) is 0 Å². The van der Waals surface area contributed by atoms with Gasteiger partial charge in [0.05, 0.1) is 0 Å². The van der Waals surface area contributed by atoms with Crippen molar-refractivity contribution in [2.75, 3.05) is 0 Å². The van der Waals surface area contributed by atoms with Crippen LogP contribution in [0.1, 0.15) is 0 Å². The van der Waals surface area contributed by atoms with Crippen molar-refractivity contribution in [3.05, 3.63) is 0 Å². The fourth-order valence-corrected chi connectivity index (χ4v) is 0.0949. The van der Waals surface area contributed by atoms with E-state index >= 15 is 0 Å². The van der Waals surface area contributed by atoms with Crippen molar-refractivity contribution in [1.29, 1.82) is 0 Å². The molecule has 0 unspecified atom stereocenters. The van der Waals surface area contributed by atoms with E-state index in [9.17, 15) is 0 Å². The average molecular weight is 103 g/mol. The molecule has 34 valence electrons. The van der Waals surface area contributed by atoms with Gasteiger partial charge in [0, 0.05) is 0 Å². The highest BCUT2D eigenvalue weighted by Crippen LogP contribution is 1.72. The Hall–Kier alpha value is -0.510. The molecule has 0 radical (unpaired) electrons. The molecule has 2 N–H and O–H groups in total. The van der Waals surface area contributed by atoms with Crippen molar-refractivity contribution in [2.45, 2.75) is 0 Å². The van der Waals surface area contributed by atoms with Crippen LogP contribution in [0.2, 0.25) is 0 Å². The van der Waals surface area contributed by atoms with Gasteiger partial charge in [-0.3, -0.25) is 0 Å². The molecule has 0 heterocycles. The summed E-state index contributed by atoms with van der Waals surface area (Å²) >= 11 is 3.42. The van der Waals surface area contributed by atoms with Gasteiger partial charge >= 0.3 is 0 Å². The standard InChI is InChI=1S/C2H5N3S/c1-4-2(3)5-6/h6H,1H2,(H2,3,5). The van der Waals surface area contributed by atoms with E-state index in [2.05, 4.69) is 28.9 Å². The van der Waals surface area contributed by atoms with Crippen molar-refractivity contribution < 1.29 is 0 Å². The average Bonchev–Trinajstić information content (AvgIpc) is 1.65. The maximum absolute atomic E-state index is 4.92. The fraction of sp³-hybridized carbons (Fsp3) is 0. The second-order valence-corrected chi connectivity index (χ2v) is 0.816. The van der Waals surface area contributed by atoms with Crippen LogP contribution in [0, 0.1) is 0 Å². The molecule has 0 aromatic carbocycles. The van der Waals surface area contributed by atoms with E-state index < -0.39 is 0 Å². The van der Waals surface area contributed by atoms with Gasteiger partial charge in [-0.25, -0.2) is 4.99 Å².